The smallest absolute Gasteiger partial charge is 0.261 e. The number of anilines is 1. The van der Waals surface area contributed by atoms with E-state index < -0.39 is 5.91 Å². The zero-order valence-electron chi connectivity index (χ0n) is 13.4. The summed E-state index contributed by atoms with van der Waals surface area (Å²) < 4.78 is 7.33. The largest absolute Gasteiger partial charge is 0.379 e. The molecule has 7 nitrogen and oxygen atoms in total. The van der Waals surface area contributed by atoms with Gasteiger partial charge >= 0.3 is 0 Å². The van der Waals surface area contributed by atoms with Crippen molar-refractivity contribution in [2.45, 2.75) is 12.5 Å². The molecule has 1 atom stereocenters. The summed E-state index contributed by atoms with van der Waals surface area (Å²) in [5, 5.41) is 3.17. The normalized spacial score (nSPS) is 16.9. The number of ether oxygens (including phenoxy) is 1. The Morgan fingerprint density at radius 2 is 2.08 bits per heavy atom. The minimum atomic E-state index is -0.449. The van der Waals surface area contributed by atoms with Crippen LogP contribution in [0.25, 0.3) is 11.0 Å². The number of aromatic nitrogens is 3. The Bertz CT molecular complexity index is 979. The Hall–Kier alpha value is -3.06. The van der Waals surface area contributed by atoms with E-state index in [2.05, 4.69) is 15.3 Å². The van der Waals surface area contributed by atoms with E-state index in [4.69, 9.17) is 4.74 Å². The van der Waals surface area contributed by atoms with Crippen molar-refractivity contribution in [1.29, 1.82) is 0 Å². The molecule has 1 aliphatic heterocycles. The number of amides is 1. The maximum atomic E-state index is 12.8. The van der Waals surface area contributed by atoms with E-state index in [9.17, 15) is 9.59 Å². The number of pyridine rings is 3. The van der Waals surface area contributed by atoms with E-state index in [-0.39, 0.29) is 17.0 Å². The number of nitrogens with one attached hydrogen (secondary N) is 1. The van der Waals surface area contributed by atoms with Crippen molar-refractivity contribution in [3.8, 4) is 0 Å². The number of carbonyl (C=O) groups is 1. The molecule has 0 saturated carbocycles. The molecule has 4 rings (SSSR count). The van der Waals surface area contributed by atoms with Crippen LogP contribution in [-0.4, -0.2) is 33.7 Å². The molecule has 126 valence electrons. The molecular weight excluding hydrogens is 320 g/mol. The number of hydrogen-bond donors (Lipinski definition) is 1. The van der Waals surface area contributed by atoms with E-state index in [1.807, 2.05) is 4.57 Å². The second-order valence-corrected chi connectivity index (χ2v) is 5.86. The summed E-state index contributed by atoms with van der Waals surface area (Å²) in [4.78, 5) is 33.7. The molecule has 1 aliphatic rings. The molecule has 0 bridgehead atoms. The van der Waals surface area contributed by atoms with Crippen molar-refractivity contribution in [1.82, 2.24) is 14.5 Å². The Morgan fingerprint density at radius 3 is 2.84 bits per heavy atom. The van der Waals surface area contributed by atoms with Crippen LogP contribution in [0.2, 0.25) is 0 Å². The van der Waals surface area contributed by atoms with Gasteiger partial charge in [-0.05, 0) is 30.7 Å². The minimum Gasteiger partial charge on any atom is -0.379 e. The Labute approximate surface area is 143 Å². The molecule has 3 aromatic heterocycles. The standard InChI is InChI=1S/C18H16N4O3/c23-16-14-2-1-6-20-17(14)22(13-5-9-25-11-13)10-15(16)18(24)21-12-3-7-19-8-4-12/h1-4,6-8,10,13H,5,9,11H2,(H,19,21,24)/t13-/m0/s1. The lowest BCUT2D eigenvalue weighted by Crippen LogP contribution is -2.25. The SMILES string of the molecule is O=C(Nc1ccncc1)c1cn([C@H]2CCOC2)c2ncccc2c1=O. The first-order chi connectivity index (χ1) is 12.2. The summed E-state index contributed by atoms with van der Waals surface area (Å²) in [6.45, 7) is 1.20. The lowest BCUT2D eigenvalue weighted by atomic mass is 10.1. The fraction of sp³-hybridized carbons (Fsp3) is 0.222. The molecule has 1 N–H and O–H groups in total. The second kappa shape index (κ2) is 6.45. The van der Waals surface area contributed by atoms with Gasteiger partial charge in [-0.2, -0.15) is 0 Å². The van der Waals surface area contributed by atoms with E-state index in [1.165, 1.54) is 0 Å². The zero-order chi connectivity index (χ0) is 17.2. The van der Waals surface area contributed by atoms with Crippen LogP contribution in [0.4, 0.5) is 5.69 Å². The van der Waals surface area contributed by atoms with E-state index in [0.717, 1.165) is 6.42 Å². The summed E-state index contributed by atoms with van der Waals surface area (Å²) >= 11 is 0. The molecule has 25 heavy (non-hydrogen) atoms. The predicted octanol–water partition coefficient (Wildman–Crippen LogP) is 2.01. The predicted molar refractivity (Wildman–Crippen MR) is 92.7 cm³/mol. The van der Waals surface area contributed by atoms with E-state index >= 15 is 0 Å². The van der Waals surface area contributed by atoms with Gasteiger partial charge in [0, 0.05) is 37.1 Å². The van der Waals surface area contributed by atoms with Crippen LogP contribution in [0.1, 0.15) is 22.8 Å². The maximum Gasteiger partial charge on any atom is 0.261 e. The van der Waals surface area contributed by atoms with Gasteiger partial charge in [0.15, 0.2) is 0 Å². The van der Waals surface area contributed by atoms with Crippen molar-refractivity contribution < 1.29 is 9.53 Å². The van der Waals surface area contributed by atoms with Gasteiger partial charge in [-0.1, -0.05) is 0 Å². The van der Waals surface area contributed by atoms with Crippen LogP contribution in [0.5, 0.6) is 0 Å². The van der Waals surface area contributed by atoms with Crippen molar-refractivity contribution in [2.24, 2.45) is 0 Å². The monoisotopic (exact) mass is 336 g/mol. The summed E-state index contributed by atoms with van der Waals surface area (Å²) in [6.07, 6.45) is 7.21. The van der Waals surface area contributed by atoms with Gasteiger partial charge in [0.1, 0.15) is 11.2 Å². The fourth-order valence-corrected chi connectivity index (χ4v) is 3.00. The first kappa shape index (κ1) is 15.5. The lowest BCUT2D eigenvalue weighted by Gasteiger charge is -2.17. The van der Waals surface area contributed by atoms with Gasteiger partial charge in [0.2, 0.25) is 5.43 Å². The number of nitrogens with zero attached hydrogens (tertiary/aromatic N) is 3. The molecule has 1 saturated heterocycles. The van der Waals surface area contributed by atoms with Crippen LogP contribution < -0.4 is 10.7 Å². The molecule has 7 heteroatoms. The highest BCUT2D eigenvalue weighted by Crippen LogP contribution is 2.23. The summed E-state index contributed by atoms with van der Waals surface area (Å²) in [7, 11) is 0. The summed E-state index contributed by atoms with van der Waals surface area (Å²) in [5.74, 6) is -0.449. The molecule has 1 fully saturated rings. The number of hydrogen-bond acceptors (Lipinski definition) is 5. The Morgan fingerprint density at radius 1 is 1.24 bits per heavy atom. The molecule has 0 spiro atoms. The van der Waals surface area contributed by atoms with Gasteiger partial charge in [0.25, 0.3) is 5.91 Å². The summed E-state index contributed by atoms with van der Waals surface area (Å²) in [5.41, 5.74) is 0.916. The van der Waals surface area contributed by atoms with Crippen molar-refractivity contribution in [3.05, 3.63) is 64.8 Å². The average Bonchev–Trinajstić information content (AvgIpc) is 3.17. The number of fused-ring (bicyclic) bond motifs is 1. The Balaban J connectivity index is 1.82. The number of carbonyl (C=O) groups excluding carboxylic acids is 1. The van der Waals surface area contributed by atoms with Crippen molar-refractivity contribution in [3.63, 3.8) is 0 Å². The van der Waals surface area contributed by atoms with Gasteiger partial charge in [0.05, 0.1) is 18.0 Å². The third kappa shape index (κ3) is 2.89. The third-order valence-electron chi connectivity index (χ3n) is 4.27. The van der Waals surface area contributed by atoms with E-state index in [1.54, 1.807) is 49.1 Å². The first-order valence-electron chi connectivity index (χ1n) is 8.03. The summed E-state index contributed by atoms with van der Waals surface area (Å²) in [6, 6.07) is 6.79. The maximum absolute atomic E-state index is 12.8. The van der Waals surface area contributed by atoms with Gasteiger partial charge in [-0.25, -0.2) is 4.98 Å². The van der Waals surface area contributed by atoms with Crippen LogP contribution in [0.15, 0.2) is 53.8 Å². The molecule has 4 heterocycles. The fourth-order valence-electron chi connectivity index (χ4n) is 3.00. The van der Waals surface area contributed by atoms with Crippen LogP contribution in [0.3, 0.4) is 0 Å². The molecule has 0 aliphatic carbocycles. The van der Waals surface area contributed by atoms with Gasteiger partial charge in [-0.3, -0.25) is 14.6 Å². The zero-order valence-corrected chi connectivity index (χ0v) is 13.4. The van der Waals surface area contributed by atoms with Gasteiger partial charge < -0.3 is 14.6 Å². The van der Waals surface area contributed by atoms with Crippen LogP contribution in [-0.2, 0) is 4.74 Å². The Kier molecular flexibility index (Phi) is 3.99. The quantitative estimate of drug-likeness (QED) is 0.791. The third-order valence-corrected chi connectivity index (χ3v) is 4.27. The van der Waals surface area contributed by atoms with Gasteiger partial charge in [-0.15, -0.1) is 0 Å². The molecule has 0 radical (unpaired) electrons. The molecule has 0 aromatic carbocycles. The highest BCUT2D eigenvalue weighted by atomic mass is 16.5. The highest BCUT2D eigenvalue weighted by molar-refractivity contribution is 6.05. The first-order valence-corrected chi connectivity index (χ1v) is 8.03. The second-order valence-electron chi connectivity index (χ2n) is 5.86. The van der Waals surface area contributed by atoms with Crippen LogP contribution in [0, 0.1) is 0 Å². The van der Waals surface area contributed by atoms with Crippen molar-refractivity contribution >= 4 is 22.6 Å². The van der Waals surface area contributed by atoms with E-state index in [0.29, 0.717) is 29.9 Å². The molecular formula is C18H16N4O3. The van der Waals surface area contributed by atoms with Crippen LogP contribution >= 0.6 is 0 Å². The van der Waals surface area contributed by atoms with Crippen molar-refractivity contribution in [2.75, 3.05) is 18.5 Å². The number of rotatable bonds is 3. The molecule has 3 aromatic rings. The molecule has 0 unspecified atom stereocenters. The molecule has 1 amide bonds. The average molecular weight is 336 g/mol. The lowest BCUT2D eigenvalue weighted by molar-refractivity contribution is 0.102. The highest BCUT2D eigenvalue weighted by Gasteiger charge is 2.23. The topological polar surface area (TPSA) is 86.1 Å². The minimum absolute atomic E-state index is 0.0606.